The Morgan fingerprint density at radius 1 is 0.550 bits per heavy atom. The molecule has 6 aromatic carbocycles. The van der Waals surface area contributed by atoms with Crippen molar-refractivity contribution in [1.82, 2.24) is 34.1 Å². The molecule has 1 amide bonds. The van der Waals surface area contributed by atoms with Crippen molar-refractivity contribution in [2.75, 3.05) is 52.1 Å². The minimum atomic E-state index is -0.300. The maximum absolute atomic E-state index is 13.7. The zero-order chi connectivity index (χ0) is 55.1. The van der Waals surface area contributed by atoms with Crippen LogP contribution in [0.15, 0.2) is 192 Å². The van der Waals surface area contributed by atoms with Crippen molar-refractivity contribution < 1.29 is 36.3 Å². The fraction of sp³-hybridized carbons (Fsp3) is 0.145. The van der Waals surface area contributed by atoms with Gasteiger partial charge in [0.2, 0.25) is 11.9 Å². The van der Waals surface area contributed by atoms with Crippen LogP contribution in [0.5, 0.6) is 11.5 Å². The van der Waals surface area contributed by atoms with Gasteiger partial charge in [0.1, 0.15) is 5.75 Å². The molecule has 16 nitrogen and oxygen atoms in total. The molecule has 0 aliphatic heterocycles. The molecule has 0 spiro atoms. The number of fused-ring (bicyclic) bond motifs is 2. The molecule has 10 rings (SSSR count). The van der Waals surface area contributed by atoms with Gasteiger partial charge < -0.3 is 32.5 Å². The number of benzene rings is 6. The van der Waals surface area contributed by atoms with E-state index in [4.69, 9.17) is 24.3 Å². The van der Waals surface area contributed by atoms with Gasteiger partial charge in [-0.3, -0.25) is 43.1 Å². The molecule has 4 aromatic heterocycles. The number of Topliss-reactive ketones (excluding diaryl/α,β-unsaturated/α-hetero) is 1. The summed E-state index contributed by atoms with van der Waals surface area (Å²) in [4.78, 5) is 74.7. The number of ketones is 1. The fourth-order valence-corrected chi connectivity index (χ4v) is 8.46. The van der Waals surface area contributed by atoms with E-state index in [1.807, 2.05) is 146 Å². The smallest absolute Gasteiger partial charge is 1.00 e. The monoisotopic (exact) mass is 1100 g/mol. The van der Waals surface area contributed by atoms with Crippen LogP contribution in [0.3, 0.4) is 0 Å². The number of methoxy groups -OCH3 is 2. The molecule has 0 saturated carbocycles. The molecule has 0 unspecified atom stereocenters. The first-order chi connectivity index (χ1) is 37.8. The Hall–Kier alpha value is -8.87. The predicted molar refractivity (Wildman–Crippen MR) is 313 cm³/mol. The van der Waals surface area contributed by atoms with Crippen molar-refractivity contribution in [3.05, 3.63) is 221 Å². The van der Waals surface area contributed by atoms with Crippen molar-refractivity contribution in [3.8, 4) is 56.3 Å². The van der Waals surface area contributed by atoms with Crippen LogP contribution in [-0.2, 0) is 34.9 Å². The van der Waals surface area contributed by atoms with Gasteiger partial charge in [-0.2, -0.15) is 18.6 Å². The first kappa shape index (κ1) is 60.4. The number of aromatic nitrogens is 6. The Morgan fingerprint density at radius 3 is 1.45 bits per heavy atom. The first-order valence-corrected chi connectivity index (χ1v) is 24.8. The third kappa shape index (κ3) is 14.8. The Labute approximate surface area is 486 Å². The number of hydroxylamine groups is 2. The zero-order valence-corrected chi connectivity index (χ0v) is 47.4. The van der Waals surface area contributed by atoms with E-state index in [1.165, 1.54) is 23.3 Å². The molecular weight excluding hydrogens is 1040 g/mol. The number of rotatable bonds is 15. The maximum Gasteiger partial charge on any atom is 2.00 e. The summed E-state index contributed by atoms with van der Waals surface area (Å²) >= 11 is 0. The first-order valence-electron chi connectivity index (χ1n) is 24.8. The molecule has 10 aromatic rings. The molecule has 0 aliphatic rings. The van der Waals surface area contributed by atoms with Crippen LogP contribution in [0.1, 0.15) is 11.1 Å². The number of anilines is 2. The number of carbonyl (C=O) groups is 2. The van der Waals surface area contributed by atoms with Gasteiger partial charge in [0, 0.05) is 63.5 Å². The summed E-state index contributed by atoms with van der Waals surface area (Å²) in [6.45, 7) is 3.71. The van der Waals surface area contributed by atoms with E-state index < -0.39 is 0 Å². The van der Waals surface area contributed by atoms with Crippen molar-refractivity contribution in [1.29, 1.82) is 0 Å². The number of nitrogens with one attached hydrogen (secondary N) is 2. The van der Waals surface area contributed by atoms with Crippen LogP contribution >= 0.6 is 0 Å². The Morgan fingerprint density at radius 2 is 1.00 bits per heavy atom. The van der Waals surface area contributed by atoms with Crippen LogP contribution in [0.4, 0.5) is 11.9 Å². The maximum atomic E-state index is 13.7. The molecule has 402 valence electrons. The average molecular weight is 1100 g/mol. The Balaban J connectivity index is 0.000000220. The summed E-state index contributed by atoms with van der Waals surface area (Å²) < 4.78 is 13.1. The summed E-state index contributed by atoms with van der Waals surface area (Å²) in [6, 6.07) is 50.2. The zero-order valence-electron chi connectivity index (χ0n) is 45.2. The number of nitrogens with zero attached hydrogens (tertiary/aromatic N) is 7. The second kappa shape index (κ2) is 28.7. The fourth-order valence-electron chi connectivity index (χ4n) is 8.46. The summed E-state index contributed by atoms with van der Waals surface area (Å²) in [6.07, 6.45) is 6.89. The van der Waals surface area contributed by atoms with Gasteiger partial charge in [-0.05, 0) is 92.8 Å². The number of amides is 1. The van der Waals surface area contributed by atoms with E-state index in [1.54, 1.807) is 65.2 Å². The molecule has 0 radical (unpaired) electrons. The van der Waals surface area contributed by atoms with Crippen molar-refractivity contribution >= 4 is 68.2 Å². The second-order valence-corrected chi connectivity index (χ2v) is 17.8. The van der Waals surface area contributed by atoms with Crippen LogP contribution in [0.2, 0.25) is 0 Å². The molecule has 0 saturated heterocycles. The van der Waals surface area contributed by atoms with E-state index >= 15 is 0 Å². The molecule has 0 atom stereocenters. The van der Waals surface area contributed by atoms with Gasteiger partial charge in [0.15, 0.2) is 5.78 Å². The number of hydrogen-bond acceptors (Lipinski definition) is 13. The van der Waals surface area contributed by atoms with Crippen molar-refractivity contribution in [2.45, 2.75) is 6.42 Å². The minimum Gasteiger partial charge on any atom is -1.00 e. The van der Waals surface area contributed by atoms with E-state index in [0.29, 0.717) is 34.2 Å². The largest absolute Gasteiger partial charge is 2.00 e. The molecule has 4 heterocycles. The summed E-state index contributed by atoms with van der Waals surface area (Å²) in [7, 11) is 9.45. The topological polar surface area (TPSA) is 185 Å². The van der Waals surface area contributed by atoms with E-state index in [-0.39, 0.29) is 83.7 Å². The molecule has 80 heavy (non-hydrogen) atoms. The summed E-state index contributed by atoms with van der Waals surface area (Å²) in [5.74, 6) is 1.83. The number of halogens is 1. The van der Waals surface area contributed by atoms with Gasteiger partial charge in [0.05, 0.1) is 62.7 Å². The Kier molecular flexibility index (Phi) is 21.6. The van der Waals surface area contributed by atoms with E-state index in [9.17, 15) is 19.2 Å². The van der Waals surface area contributed by atoms with Gasteiger partial charge in [0.25, 0.3) is 17.0 Å². The molecule has 18 heteroatoms. The van der Waals surface area contributed by atoms with Gasteiger partial charge in [-0.25, -0.2) is 15.0 Å². The van der Waals surface area contributed by atoms with Crippen LogP contribution in [-0.4, -0.2) is 110 Å². The molecule has 2 N–H and O–H groups in total. The molecule has 0 fully saturated rings. The van der Waals surface area contributed by atoms with Gasteiger partial charge in [-0.1, -0.05) is 84.9 Å². The number of hydrogen-bond donors (Lipinski definition) is 2. The molecular formula is C62H58ClMgN9O7. The number of ether oxygens (including phenoxy) is 2. The normalized spacial score (nSPS) is 10.4. The number of likely N-dealkylation sites (N-methyl/N-ethyl adjacent to an activating group) is 1. The standard InChI is InChI=1S/C30H26N4O3.C24H23N5O3.C8H9O.ClH.Mg/c1-34-29(36)27(24-11-10-21-7-3-4-8-23(21)18-24)28(22-12-14-31-15-13-22)33-30(34)32-19-25(35)16-20-6-5-9-26(17-20)37-2;1-28-23(31)21(19-9-8-16-6-4-5-7-18(16)14-19)22(17-10-12-25-13-11-17)27-24(28)26-15-20(30)29(2)32-3;1-7-4-3-5-8(6-7)9-2;;/h3-15,17-18H,16,19H2,1-2H3,(H,32,33);4-14H,15H2,1-3H3,(H,26,27);3-6H,1H2,2H3;1H;/q;;-1;;+2/p-1. The van der Waals surface area contributed by atoms with Crippen LogP contribution in [0.25, 0.3) is 66.3 Å². The third-order valence-electron chi connectivity index (χ3n) is 12.7. The van der Waals surface area contributed by atoms with Crippen LogP contribution < -0.4 is 43.6 Å². The van der Waals surface area contributed by atoms with Gasteiger partial charge >= 0.3 is 23.1 Å². The predicted octanol–water partition coefficient (Wildman–Crippen LogP) is 6.49. The summed E-state index contributed by atoms with van der Waals surface area (Å²) in [5, 5.41) is 11.4. The van der Waals surface area contributed by atoms with Crippen molar-refractivity contribution in [2.24, 2.45) is 14.1 Å². The SMILES string of the molecule is CON(C)C(=O)CNc1nc(-c2ccncc2)c(-c2ccc3ccccc3c2)c(=O)n1C.COc1cccc(CC(=O)CNc2nc(-c3ccncc3)c(-c3ccc4ccccc4c3)c(=O)n2C)c1.[CH2-]c1cccc(OC)c1.[Cl-].[Mg+2]. The molecule has 0 aliphatic carbocycles. The third-order valence-corrected chi connectivity index (χ3v) is 12.7. The number of carbonyl (C=O) groups excluding carboxylic acids is 2. The number of pyridine rings is 2. The van der Waals surface area contributed by atoms with Gasteiger partial charge in [-0.15, -0.1) is 12.1 Å². The van der Waals surface area contributed by atoms with Crippen LogP contribution in [0, 0.1) is 6.92 Å². The summed E-state index contributed by atoms with van der Waals surface area (Å²) in [5.41, 5.74) is 6.49. The quantitative estimate of drug-likeness (QED) is 0.0646. The Bertz CT molecular complexity index is 3860. The van der Waals surface area contributed by atoms with E-state index in [2.05, 4.69) is 27.5 Å². The average Bonchev–Trinajstić information content (AvgIpc) is 3.55. The minimum absolute atomic E-state index is 0. The van der Waals surface area contributed by atoms with Crippen molar-refractivity contribution in [3.63, 3.8) is 0 Å². The van der Waals surface area contributed by atoms with E-state index in [0.717, 1.165) is 65.7 Å². The second-order valence-electron chi connectivity index (χ2n) is 17.8. The molecule has 0 bridgehead atoms.